The van der Waals surface area contributed by atoms with Gasteiger partial charge in [0.15, 0.2) is 5.52 Å². The summed E-state index contributed by atoms with van der Waals surface area (Å²) in [5.41, 5.74) is 2.81. The molecular weight excluding hydrogens is 478 g/mol. The van der Waals surface area contributed by atoms with E-state index in [4.69, 9.17) is 4.98 Å². The number of anilines is 1. The minimum Gasteiger partial charge on any atom is -0.341 e. The van der Waals surface area contributed by atoms with Crippen LogP contribution in [0, 0.1) is 5.92 Å². The zero-order valence-electron chi connectivity index (χ0n) is 22.9. The molecule has 3 aromatic rings. The normalized spacial score (nSPS) is 17.3. The Hall–Kier alpha value is -3.20. The summed E-state index contributed by atoms with van der Waals surface area (Å²) < 4.78 is 1.66. The number of carbonyl (C=O) groups excluding carboxylic acids is 1. The minimum atomic E-state index is -0.121. The van der Waals surface area contributed by atoms with Crippen molar-refractivity contribution in [3.8, 4) is 0 Å². The van der Waals surface area contributed by atoms with Gasteiger partial charge in [0.1, 0.15) is 5.52 Å². The highest BCUT2D eigenvalue weighted by atomic mass is 16.2. The monoisotopic (exact) mass is 519 g/mol. The number of hydrogen-bond acceptors (Lipinski definition) is 6. The predicted molar refractivity (Wildman–Crippen MR) is 151 cm³/mol. The van der Waals surface area contributed by atoms with Crippen molar-refractivity contribution in [1.29, 1.82) is 0 Å². The van der Waals surface area contributed by atoms with E-state index in [0.717, 1.165) is 75.4 Å². The fourth-order valence-corrected chi connectivity index (χ4v) is 5.95. The third-order valence-electron chi connectivity index (χ3n) is 8.11. The van der Waals surface area contributed by atoms with Crippen LogP contribution in [0.15, 0.2) is 35.1 Å². The van der Waals surface area contributed by atoms with Gasteiger partial charge in [0.2, 0.25) is 5.95 Å². The van der Waals surface area contributed by atoms with Crippen LogP contribution in [0.3, 0.4) is 0 Å². The van der Waals surface area contributed by atoms with Gasteiger partial charge in [-0.2, -0.15) is 5.10 Å². The topological polar surface area (TPSA) is 90.4 Å². The fourth-order valence-electron chi connectivity index (χ4n) is 5.95. The number of amides is 1. The van der Waals surface area contributed by atoms with Crippen molar-refractivity contribution < 1.29 is 4.79 Å². The van der Waals surface area contributed by atoms with Gasteiger partial charge >= 0.3 is 0 Å². The van der Waals surface area contributed by atoms with E-state index in [0.29, 0.717) is 17.4 Å². The molecule has 1 aliphatic carbocycles. The van der Waals surface area contributed by atoms with Crippen LogP contribution in [0.25, 0.3) is 11.0 Å². The van der Waals surface area contributed by atoms with Gasteiger partial charge in [-0.05, 0) is 37.3 Å². The lowest BCUT2D eigenvalue weighted by Gasteiger charge is -2.36. The van der Waals surface area contributed by atoms with Crippen LogP contribution in [0.2, 0.25) is 0 Å². The number of piperazine rings is 1. The number of nitrogens with one attached hydrogen (secondary N) is 1. The van der Waals surface area contributed by atoms with Gasteiger partial charge < -0.3 is 9.80 Å². The summed E-state index contributed by atoms with van der Waals surface area (Å²) >= 11 is 0. The number of H-pyrrole nitrogens is 1. The quantitative estimate of drug-likeness (QED) is 0.466. The Morgan fingerprint density at radius 2 is 1.82 bits per heavy atom. The molecule has 2 fully saturated rings. The van der Waals surface area contributed by atoms with Crippen molar-refractivity contribution >= 4 is 22.9 Å². The van der Waals surface area contributed by atoms with Gasteiger partial charge in [-0.3, -0.25) is 24.2 Å². The number of carbonyl (C=O) groups is 1. The van der Waals surface area contributed by atoms with Crippen molar-refractivity contribution in [3.63, 3.8) is 0 Å². The number of hydrogen-bond donors (Lipinski definition) is 1. The van der Waals surface area contributed by atoms with Gasteiger partial charge in [0.25, 0.3) is 11.5 Å². The molecule has 5 rings (SSSR count). The molecule has 1 saturated carbocycles. The summed E-state index contributed by atoms with van der Waals surface area (Å²) in [6.07, 6.45) is 8.11. The van der Waals surface area contributed by atoms with E-state index in [1.807, 2.05) is 42.3 Å². The number of aryl methyl sites for hydroxylation is 2. The number of fused-ring (bicyclic) bond motifs is 1. The molecule has 0 spiro atoms. The molecule has 1 amide bonds. The molecule has 0 unspecified atom stereocenters. The SMILES string of the molecule is CCCc1nn(C)c2c(=O)[nH]c(N(CCN3CCN(C(=O)c4ccccc4)CC3)CC3CCCCC3)nc12. The van der Waals surface area contributed by atoms with Gasteiger partial charge in [-0.1, -0.05) is 50.8 Å². The lowest BCUT2D eigenvalue weighted by atomic mass is 9.89. The van der Waals surface area contributed by atoms with Crippen molar-refractivity contribution in [2.24, 2.45) is 13.0 Å². The van der Waals surface area contributed by atoms with E-state index in [1.54, 1.807) is 4.68 Å². The smallest absolute Gasteiger partial charge is 0.278 e. The third-order valence-corrected chi connectivity index (χ3v) is 8.11. The highest BCUT2D eigenvalue weighted by Gasteiger charge is 2.25. The molecule has 1 aromatic carbocycles. The van der Waals surface area contributed by atoms with Crippen molar-refractivity contribution in [2.75, 3.05) is 50.7 Å². The Labute approximate surface area is 224 Å². The van der Waals surface area contributed by atoms with E-state index in [2.05, 4.69) is 26.8 Å². The molecule has 1 N–H and O–H groups in total. The number of aromatic nitrogens is 4. The second-order valence-electron chi connectivity index (χ2n) is 10.9. The number of nitrogens with zero attached hydrogens (tertiary/aromatic N) is 6. The molecule has 9 nitrogen and oxygen atoms in total. The van der Waals surface area contributed by atoms with Crippen LogP contribution in [0.4, 0.5) is 5.95 Å². The zero-order valence-corrected chi connectivity index (χ0v) is 22.9. The lowest BCUT2D eigenvalue weighted by Crippen LogP contribution is -2.50. The fraction of sp³-hybridized carbons (Fsp3) is 0.586. The molecule has 0 radical (unpaired) electrons. The first-order chi connectivity index (χ1) is 18.5. The largest absolute Gasteiger partial charge is 0.341 e. The van der Waals surface area contributed by atoms with Crippen LogP contribution in [-0.2, 0) is 13.5 Å². The average Bonchev–Trinajstić information content (AvgIpc) is 3.27. The Balaban J connectivity index is 1.29. The molecule has 2 aliphatic rings. The van der Waals surface area contributed by atoms with Crippen LogP contribution in [0.1, 0.15) is 61.5 Å². The van der Waals surface area contributed by atoms with Crippen LogP contribution in [0.5, 0.6) is 0 Å². The van der Waals surface area contributed by atoms with Gasteiger partial charge in [-0.25, -0.2) is 4.98 Å². The molecule has 1 aliphatic heterocycles. The summed E-state index contributed by atoms with van der Waals surface area (Å²) in [7, 11) is 1.82. The maximum Gasteiger partial charge on any atom is 0.278 e. The van der Waals surface area contributed by atoms with Crippen molar-refractivity contribution in [3.05, 3.63) is 51.9 Å². The summed E-state index contributed by atoms with van der Waals surface area (Å²) in [5.74, 6) is 1.39. The molecule has 0 bridgehead atoms. The molecule has 9 heteroatoms. The highest BCUT2D eigenvalue weighted by Crippen LogP contribution is 2.26. The first kappa shape index (κ1) is 26.4. The van der Waals surface area contributed by atoms with E-state index >= 15 is 0 Å². The predicted octanol–water partition coefficient (Wildman–Crippen LogP) is 3.45. The molecule has 38 heavy (non-hydrogen) atoms. The maximum atomic E-state index is 13.1. The lowest BCUT2D eigenvalue weighted by molar-refractivity contribution is 0.0640. The van der Waals surface area contributed by atoms with Crippen LogP contribution < -0.4 is 10.5 Å². The number of rotatable bonds is 9. The Bertz CT molecular complexity index is 1270. The molecule has 1 saturated heterocycles. The number of benzene rings is 1. The molecule has 204 valence electrons. The average molecular weight is 520 g/mol. The van der Waals surface area contributed by atoms with Gasteiger partial charge in [-0.15, -0.1) is 0 Å². The van der Waals surface area contributed by atoms with Gasteiger partial charge in [0, 0.05) is 58.4 Å². The van der Waals surface area contributed by atoms with Gasteiger partial charge in [0.05, 0.1) is 5.69 Å². The number of aromatic amines is 1. The molecule has 2 aromatic heterocycles. The van der Waals surface area contributed by atoms with Crippen molar-refractivity contribution in [2.45, 2.75) is 51.9 Å². The summed E-state index contributed by atoms with van der Waals surface area (Å²) in [6, 6.07) is 9.54. The third kappa shape index (κ3) is 5.93. The van der Waals surface area contributed by atoms with E-state index in [9.17, 15) is 9.59 Å². The standard InChI is InChI=1S/C29H41N7O2/c1-3-10-24-25-26(33(2)32-24)27(37)31-29(30-25)36(21-22-11-6-4-7-12-22)20-17-34-15-18-35(19-16-34)28(38)23-13-8-5-9-14-23/h5,8-9,13-14,22H,3-4,6-7,10-12,15-21H2,1-2H3,(H,30,31,37). The van der Waals surface area contributed by atoms with Crippen LogP contribution >= 0.6 is 0 Å². The van der Waals surface area contributed by atoms with E-state index < -0.39 is 0 Å². The molecule has 3 heterocycles. The Morgan fingerprint density at radius 3 is 2.53 bits per heavy atom. The Morgan fingerprint density at radius 1 is 1.08 bits per heavy atom. The first-order valence-electron chi connectivity index (χ1n) is 14.3. The summed E-state index contributed by atoms with van der Waals surface area (Å²) in [4.78, 5) is 40.7. The summed E-state index contributed by atoms with van der Waals surface area (Å²) in [6.45, 7) is 7.85. The summed E-state index contributed by atoms with van der Waals surface area (Å²) in [5, 5.41) is 4.59. The Kier molecular flexibility index (Phi) is 8.42. The maximum absolute atomic E-state index is 13.1. The molecule has 0 atom stereocenters. The second-order valence-corrected chi connectivity index (χ2v) is 10.9. The van der Waals surface area contributed by atoms with Crippen LogP contribution in [-0.4, -0.2) is 81.3 Å². The first-order valence-corrected chi connectivity index (χ1v) is 14.3. The van der Waals surface area contributed by atoms with E-state index in [-0.39, 0.29) is 11.5 Å². The zero-order chi connectivity index (χ0) is 26.5. The van der Waals surface area contributed by atoms with E-state index in [1.165, 1.54) is 32.1 Å². The van der Waals surface area contributed by atoms with Crippen molar-refractivity contribution in [1.82, 2.24) is 29.5 Å². The second kappa shape index (κ2) is 12.1. The molecular formula is C29H41N7O2. The highest BCUT2D eigenvalue weighted by molar-refractivity contribution is 5.94. The minimum absolute atomic E-state index is 0.110.